The molecule has 0 aromatic heterocycles. The van der Waals surface area contributed by atoms with E-state index < -0.39 is 5.97 Å². The van der Waals surface area contributed by atoms with Crippen LogP contribution in [0.5, 0.6) is 0 Å². The van der Waals surface area contributed by atoms with Gasteiger partial charge < -0.3 is 15.2 Å². The first-order valence-electron chi connectivity index (χ1n) is 5.38. The van der Waals surface area contributed by atoms with Crippen molar-refractivity contribution in [1.82, 2.24) is 0 Å². The van der Waals surface area contributed by atoms with Crippen molar-refractivity contribution < 1.29 is 14.3 Å². The molecular formula is C12H16ClNO3. The summed E-state index contributed by atoms with van der Waals surface area (Å²) in [6.07, 6.45) is -0.293. The zero-order valence-corrected chi connectivity index (χ0v) is 10.7. The lowest BCUT2D eigenvalue weighted by Crippen LogP contribution is -2.20. The quantitative estimate of drug-likeness (QED) is 0.650. The van der Waals surface area contributed by atoms with Gasteiger partial charge in [-0.25, -0.2) is 4.79 Å². The van der Waals surface area contributed by atoms with E-state index in [0.29, 0.717) is 29.5 Å². The Bertz CT molecular complexity index is 395. The summed E-state index contributed by atoms with van der Waals surface area (Å²) in [6, 6.07) is 4.65. The zero-order chi connectivity index (χ0) is 12.8. The van der Waals surface area contributed by atoms with Gasteiger partial charge in [0.2, 0.25) is 0 Å². The molecule has 0 fully saturated rings. The number of carbonyl (C=O) groups is 1. The molecule has 0 heterocycles. The Kier molecular flexibility index (Phi) is 5.25. The summed E-state index contributed by atoms with van der Waals surface area (Å²) < 4.78 is 10.3. The van der Waals surface area contributed by atoms with E-state index in [-0.39, 0.29) is 6.10 Å². The molecule has 0 amide bonds. The molecule has 2 N–H and O–H groups in total. The van der Waals surface area contributed by atoms with Crippen molar-refractivity contribution in [2.45, 2.75) is 20.0 Å². The van der Waals surface area contributed by atoms with E-state index in [1.54, 1.807) is 19.1 Å². The highest BCUT2D eigenvalue weighted by molar-refractivity contribution is 6.33. The molecule has 1 unspecified atom stereocenters. The second kappa shape index (κ2) is 6.47. The minimum absolute atomic E-state index is 0.293. The number of ether oxygens (including phenoxy) is 2. The van der Waals surface area contributed by atoms with E-state index in [1.165, 1.54) is 6.07 Å². The monoisotopic (exact) mass is 257 g/mol. The van der Waals surface area contributed by atoms with Crippen molar-refractivity contribution in [3.63, 3.8) is 0 Å². The lowest BCUT2D eigenvalue weighted by Gasteiger charge is -2.13. The van der Waals surface area contributed by atoms with Crippen LogP contribution in [0.25, 0.3) is 0 Å². The van der Waals surface area contributed by atoms with E-state index in [0.717, 1.165) is 0 Å². The molecule has 5 heteroatoms. The number of nitrogens with two attached hydrogens (primary N) is 1. The molecule has 0 aliphatic carbocycles. The highest BCUT2D eigenvalue weighted by Crippen LogP contribution is 2.20. The standard InChI is InChI=1S/C12H16ClNO3/c1-3-16-7-8(2)17-12(15)9-4-5-11(14)10(13)6-9/h4-6,8H,3,7,14H2,1-2H3. The topological polar surface area (TPSA) is 61.5 Å². The summed E-state index contributed by atoms with van der Waals surface area (Å²) in [6.45, 7) is 4.63. The lowest BCUT2D eigenvalue weighted by molar-refractivity contribution is 0.00440. The highest BCUT2D eigenvalue weighted by Gasteiger charge is 2.13. The van der Waals surface area contributed by atoms with Crippen molar-refractivity contribution in [1.29, 1.82) is 0 Å². The van der Waals surface area contributed by atoms with Crippen LogP contribution in [0.3, 0.4) is 0 Å². The van der Waals surface area contributed by atoms with E-state index in [4.69, 9.17) is 26.8 Å². The van der Waals surface area contributed by atoms with Gasteiger partial charge in [-0.2, -0.15) is 0 Å². The molecular weight excluding hydrogens is 242 g/mol. The third-order valence-electron chi connectivity index (χ3n) is 2.10. The Morgan fingerprint density at radius 3 is 2.82 bits per heavy atom. The van der Waals surface area contributed by atoms with Gasteiger partial charge in [-0.05, 0) is 32.0 Å². The van der Waals surface area contributed by atoms with Gasteiger partial charge in [0.05, 0.1) is 22.9 Å². The fourth-order valence-corrected chi connectivity index (χ4v) is 1.40. The van der Waals surface area contributed by atoms with E-state index >= 15 is 0 Å². The first-order valence-corrected chi connectivity index (χ1v) is 5.76. The Morgan fingerprint density at radius 1 is 1.53 bits per heavy atom. The first kappa shape index (κ1) is 13.8. The molecule has 0 saturated carbocycles. The highest BCUT2D eigenvalue weighted by atomic mass is 35.5. The van der Waals surface area contributed by atoms with E-state index in [1.807, 2.05) is 6.92 Å². The van der Waals surface area contributed by atoms with Crippen molar-refractivity contribution in [2.75, 3.05) is 18.9 Å². The Labute approximate surface area is 106 Å². The number of rotatable bonds is 5. The van der Waals surface area contributed by atoms with Crippen LogP contribution in [0.4, 0.5) is 5.69 Å². The minimum atomic E-state index is -0.431. The van der Waals surface area contributed by atoms with Crippen LogP contribution in [0.2, 0.25) is 5.02 Å². The molecule has 0 spiro atoms. The summed E-state index contributed by atoms with van der Waals surface area (Å²) in [5.74, 6) is -0.431. The molecule has 1 atom stereocenters. The SMILES string of the molecule is CCOCC(C)OC(=O)c1ccc(N)c(Cl)c1. The largest absolute Gasteiger partial charge is 0.457 e. The fraction of sp³-hybridized carbons (Fsp3) is 0.417. The number of benzene rings is 1. The van der Waals surface area contributed by atoms with Gasteiger partial charge in [0, 0.05) is 6.61 Å². The molecule has 94 valence electrons. The molecule has 0 bridgehead atoms. The van der Waals surface area contributed by atoms with Crippen LogP contribution < -0.4 is 5.73 Å². The summed E-state index contributed by atoms with van der Waals surface area (Å²) in [4.78, 5) is 11.7. The second-order valence-electron chi connectivity index (χ2n) is 3.61. The number of hydrogen-bond donors (Lipinski definition) is 1. The van der Waals surface area contributed by atoms with Crippen LogP contribution in [-0.2, 0) is 9.47 Å². The molecule has 0 saturated heterocycles. The molecule has 1 rings (SSSR count). The lowest BCUT2D eigenvalue weighted by atomic mass is 10.2. The maximum atomic E-state index is 11.7. The molecule has 4 nitrogen and oxygen atoms in total. The third-order valence-corrected chi connectivity index (χ3v) is 2.43. The van der Waals surface area contributed by atoms with Gasteiger partial charge in [0.1, 0.15) is 6.10 Å². The van der Waals surface area contributed by atoms with E-state index in [9.17, 15) is 4.79 Å². The van der Waals surface area contributed by atoms with Crippen molar-refractivity contribution in [2.24, 2.45) is 0 Å². The minimum Gasteiger partial charge on any atom is -0.457 e. The zero-order valence-electron chi connectivity index (χ0n) is 9.90. The smallest absolute Gasteiger partial charge is 0.338 e. The number of esters is 1. The van der Waals surface area contributed by atoms with Crippen LogP contribution in [0, 0.1) is 0 Å². The van der Waals surface area contributed by atoms with Gasteiger partial charge in [-0.15, -0.1) is 0 Å². The molecule has 0 aliphatic heterocycles. The number of hydrogen-bond acceptors (Lipinski definition) is 4. The molecule has 0 aliphatic rings. The predicted molar refractivity (Wildman–Crippen MR) is 67.2 cm³/mol. The van der Waals surface area contributed by atoms with Crippen LogP contribution >= 0.6 is 11.6 Å². The normalized spacial score (nSPS) is 12.2. The average molecular weight is 258 g/mol. The maximum absolute atomic E-state index is 11.7. The van der Waals surface area contributed by atoms with Gasteiger partial charge in [0.15, 0.2) is 0 Å². The van der Waals surface area contributed by atoms with Crippen LogP contribution in [0.15, 0.2) is 18.2 Å². The fourth-order valence-electron chi connectivity index (χ4n) is 1.22. The molecule has 1 aromatic rings. The molecule has 1 aromatic carbocycles. The second-order valence-corrected chi connectivity index (χ2v) is 4.02. The van der Waals surface area contributed by atoms with Crippen molar-refractivity contribution >= 4 is 23.3 Å². The maximum Gasteiger partial charge on any atom is 0.338 e. The predicted octanol–water partition coefficient (Wildman–Crippen LogP) is 2.50. The number of anilines is 1. The van der Waals surface area contributed by atoms with Gasteiger partial charge in [-0.1, -0.05) is 11.6 Å². The summed E-state index contributed by atoms with van der Waals surface area (Å²) in [5.41, 5.74) is 6.37. The average Bonchev–Trinajstić information content (AvgIpc) is 2.30. The van der Waals surface area contributed by atoms with Crippen LogP contribution in [0.1, 0.15) is 24.2 Å². The Morgan fingerprint density at radius 2 is 2.24 bits per heavy atom. The van der Waals surface area contributed by atoms with Crippen molar-refractivity contribution in [3.05, 3.63) is 28.8 Å². The van der Waals surface area contributed by atoms with Crippen molar-refractivity contribution in [3.8, 4) is 0 Å². The molecule has 0 radical (unpaired) electrons. The van der Waals surface area contributed by atoms with Gasteiger partial charge >= 0.3 is 5.97 Å². The van der Waals surface area contributed by atoms with E-state index in [2.05, 4.69) is 0 Å². The van der Waals surface area contributed by atoms with Crippen LogP contribution in [-0.4, -0.2) is 25.3 Å². The van der Waals surface area contributed by atoms with Gasteiger partial charge in [0.25, 0.3) is 0 Å². The summed E-state index contributed by atoms with van der Waals surface area (Å²) in [5, 5.41) is 0.344. The number of carbonyl (C=O) groups excluding carboxylic acids is 1. The first-order chi connectivity index (χ1) is 8.04. The summed E-state index contributed by atoms with van der Waals surface area (Å²) >= 11 is 5.82. The summed E-state index contributed by atoms with van der Waals surface area (Å²) in [7, 11) is 0. The molecule has 17 heavy (non-hydrogen) atoms. The van der Waals surface area contributed by atoms with Gasteiger partial charge in [-0.3, -0.25) is 0 Å². The number of nitrogen functional groups attached to an aromatic ring is 1. The Balaban J connectivity index is 2.60. The number of halogens is 1. The third kappa shape index (κ3) is 4.24. The Hall–Kier alpha value is -1.26.